The fourth-order valence-corrected chi connectivity index (χ4v) is 3.53. The van der Waals surface area contributed by atoms with Gasteiger partial charge in [0.05, 0.1) is 11.3 Å². The first kappa shape index (κ1) is 22.1. The molecule has 11 heteroatoms. The summed E-state index contributed by atoms with van der Waals surface area (Å²) >= 11 is 0. The number of nitrogen functional groups attached to an aromatic ring is 1. The molecule has 0 saturated carbocycles. The predicted molar refractivity (Wildman–Crippen MR) is 116 cm³/mol. The van der Waals surface area contributed by atoms with Crippen LogP contribution in [0.5, 0.6) is 0 Å². The number of fused-ring (bicyclic) bond motifs is 1. The molecule has 2 heterocycles. The van der Waals surface area contributed by atoms with Crippen LogP contribution in [0.2, 0.25) is 0 Å². The molecule has 0 fully saturated rings. The van der Waals surface area contributed by atoms with Crippen molar-refractivity contribution in [1.82, 2.24) is 14.6 Å². The van der Waals surface area contributed by atoms with Gasteiger partial charge >= 0.3 is 12.2 Å². The van der Waals surface area contributed by atoms with Crippen molar-refractivity contribution in [1.29, 1.82) is 0 Å². The van der Waals surface area contributed by atoms with E-state index in [1.54, 1.807) is 28.8 Å². The molecule has 2 aromatic carbocycles. The monoisotopic (exact) mass is 458 g/mol. The van der Waals surface area contributed by atoms with E-state index in [0.717, 1.165) is 35.2 Å². The molecule has 0 unspecified atom stereocenters. The zero-order valence-corrected chi connectivity index (χ0v) is 17.2. The highest BCUT2D eigenvalue weighted by Gasteiger charge is 2.35. The Labute approximate surface area is 185 Å². The van der Waals surface area contributed by atoms with Crippen LogP contribution in [0.15, 0.2) is 55.0 Å². The van der Waals surface area contributed by atoms with Gasteiger partial charge in [-0.3, -0.25) is 0 Å². The molecule has 0 aliphatic carbocycles. The molecular formula is C22H18F4N6O. The van der Waals surface area contributed by atoms with Crippen molar-refractivity contribution in [2.45, 2.75) is 19.5 Å². The van der Waals surface area contributed by atoms with Gasteiger partial charge in [-0.2, -0.15) is 18.3 Å². The number of alkyl halides is 3. The molecule has 170 valence electrons. The largest absolute Gasteiger partial charge is 0.419 e. The van der Waals surface area contributed by atoms with Crippen LogP contribution in [0.25, 0.3) is 16.6 Å². The number of carbonyl (C=O) groups excluding carboxylic acids is 1. The average Bonchev–Trinajstić information content (AvgIpc) is 3.15. The molecule has 0 aliphatic rings. The number of benzene rings is 2. The Morgan fingerprint density at radius 3 is 2.52 bits per heavy atom. The van der Waals surface area contributed by atoms with Gasteiger partial charge in [0.15, 0.2) is 11.6 Å². The Bertz CT molecular complexity index is 1330. The standard InChI is InChI=1S/C22H18F4N6O/c1-2-12-10-32-19(20(27)28-11-29-32)17(12)13-6-8-14(9-7-13)30-21(33)31-16-5-3-4-15(18(16)23)22(24,25)26/h3-11H,2H2,1H3,(H2,27,28,29)(H2,30,31,33). The molecule has 4 N–H and O–H groups in total. The Kier molecular flexibility index (Phi) is 5.62. The Balaban J connectivity index is 1.55. The van der Waals surface area contributed by atoms with E-state index in [4.69, 9.17) is 5.73 Å². The molecule has 0 aliphatic heterocycles. The van der Waals surface area contributed by atoms with Crippen molar-refractivity contribution in [3.05, 3.63) is 71.9 Å². The number of aryl methyl sites for hydroxylation is 1. The van der Waals surface area contributed by atoms with E-state index in [0.29, 0.717) is 23.1 Å². The molecule has 0 atom stereocenters. The predicted octanol–water partition coefficient (Wildman–Crippen LogP) is 5.34. The minimum absolute atomic E-state index is 0.324. The number of nitrogens with one attached hydrogen (secondary N) is 2. The van der Waals surface area contributed by atoms with Crippen LogP contribution in [-0.2, 0) is 12.6 Å². The molecule has 2 aromatic heterocycles. The van der Waals surface area contributed by atoms with Crippen LogP contribution in [0.4, 0.5) is 39.5 Å². The Hall–Kier alpha value is -4.15. The first-order chi connectivity index (χ1) is 15.7. The SMILES string of the molecule is CCc1cn2ncnc(N)c2c1-c1ccc(NC(=O)Nc2cccc(C(F)(F)F)c2F)cc1. The summed E-state index contributed by atoms with van der Waals surface area (Å²) in [6.07, 6.45) is -0.914. The first-order valence-electron chi connectivity index (χ1n) is 9.84. The van der Waals surface area contributed by atoms with Crippen molar-refractivity contribution >= 4 is 28.7 Å². The van der Waals surface area contributed by atoms with E-state index in [-0.39, 0.29) is 0 Å². The highest BCUT2D eigenvalue weighted by atomic mass is 19.4. The quantitative estimate of drug-likeness (QED) is 0.360. The summed E-state index contributed by atoms with van der Waals surface area (Å²) in [6, 6.07) is 8.50. The number of amides is 2. The summed E-state index contributed by atoms with van der Waals surface area (Å²) in [4.78, 5) is 16.3. The zero-order chi connectivity index (χ0) is 23.8. The van der Waals surface area contributed by atoms with Crippen LogP contribution in [0, 0.1) is 5.82 Å². The zero-order valence-electron chi connectivity index (χ0n) is 17.2. The molecule has 4 rings (SSSR count). The van der Waals surface area contributed by atoms with Gasteiger partial charge in [0, 0.05) is 17.4 Å². The number of anilines is 3. The normalized spacial score (nSPS) is 11.5. The first-order valence-corrected chi connectivity index (χ1v) is 9.84. The van der Waals surface area contributed by atoms with Crippen LogP contribution >= 0.6 is 0 Å². The fourth-order valence-electron chi connectivity index (χ4n) is 3.53. The summed E-state index contributed by atoms with van der Waals surface area (Å²) < 4.78 is 54.4. The van der Waals surface area contributed by atoms with E-state index in [1.807, 2.05) is 13.1 Å². The van der Waals surface area contributed by atoms with Crippen molar-refractivity contribution in [2.24, 2.45) is 0 Å². The molecule has 0 saturated heterocycles. The third-order valence-corrected chi connectivity index (χ3v) is 5.05. The lowest BCUT2D eigenvalue weighted by Crippen LogP contribution is -2.21. The van der Waals surface area contributed by atoms with Gasteiger partial charge in [-0.15, -0.1) is 0 Å². The second-order valence-corrected chi connectivity index (χ2v) is 7.14. The molecular weight excluding hydrogens is 440 g/mol. The maximum absolute atomic E-state index is 14.1. The van der Waals surface area contributed by atoms with Crippen LogP contribution in [0.3, 0.4) is 0 Å². The maximum Gasteiger partial charge on any atom is 0.419 e. The highest BCUT2D eigenvalue weighted by molar-refractivity contribution is 6.00. The molecule has 7 nitrogen and oxygen atoms in total. The number of hydrogen-bond acceptors (Lipinski definition) is 4. The van der Waals surface area contributed by atoms with Crippen molar-refractivity contribution < 1.29 is 22.4 Å². The number of nitrogens with two attached hydrogens (primary N) is 1. The number of hydrogen-bond donors (Lipinski definition) is 3. The second kappa shape index (κ2) is 8.41. The van der Waals surface area contributed by atoms with Gasteiger partial charge in [0.2, 0.25) is 0 Å². The van der Waals surface area contributed by atoms with E-state index >= 15 is 0 Å². The van der Waals surface area contributed by atoms with E-state index in [9.17, 15) is 22.4 Å². The van der Waals surface area contributed by atoms with Gasteiger partial charge < -0.3 is 16.4 Å². The number of halogens is 4. The van der Waals surface area contributed by atoms with E-state index < -0.39 is 29.3 Å². The average molecular weight is 458 g/mol. The lowest BCUT2D eigenvalue weighted by molar-refractivity contribution is -0.139. The third kappa shape index (κ3) is 4.29. The summed E-state index contributed by atoms with van der Waals surface area (Å²) in [7, 11) is 0. The lowest BCUT2D eigenvalue weighted by atomic mass is 10.0. The number of nitrogens with zero attached hydrogens (tertiary/aromatic N) is 3. The van der Waals surface area contributed by atoms with E-state index in [1.165, 1.54) is 6.33 Å². The van der Waals surface area contributed by atoms with Gasteiger partial charge in [0.1, 0.15) is 11.8 Å². The second-order valence-electron chi connectivity index (χ2n) is 7.14. The van der Waals surface area contributed by atoms with Gasteiger partial charge in [-0.1, -0.05) is 25.1 Å². The molecule has 4 aromatic rings. The van der Waals surface area contributed by atoms with Crippen LogP contribution in [-0.4, -0.2) is 20.6 Å². The third-order valence-electron chi connectivity index (χ3n) is 5.05. The number of carbonyl (C=O) groups is 1. The number of urea groups is 1. The van der Waals surface area contributed by atoms with Gasteiger partial charge in [-0.25, -0.2) is 18.7 Å². The highest BCUT2D eigenvalue weighted by Crippen LogP contribution is 2.35. The minimum atomic E-state index is -4.87. The number of rotatable bonds is 4. The lowest BCUT2D eigenvalue weighted by Gasteiger charge is -2.13. The van der Waals surface area contributed by atoms with Crippen LogP contribution < -0.4 is 16.4 Å². The van der Waals surface area contributed by atoms with Gasteiger partial charge in [-0.05, 0) is 41.8 Å². The number of aromatic nitrogens is 3. The van der Waals surface area contributed by atoms with Gasteiger partial charge in [0.25, 0.3) is 0 Å². The van der Waals surface area contributed by atoms with Crippen molar-refractivity contribution in [2.75, 3.05) is 16.4 Å². The maximum atomic E-state index is 14.1. The molecule has 0 spiro atoms. The van der Waals surface area contributed by atoms with Crippen LogP contribution in [0.1, 0.15) is 18.1 Å². The molecule has 0 bridgehead atoms. The fraction of sp³-hybridized carbons (Fsp3) is 0.136. The summed E-state index contributed by atoms with van der Waals surface area (Å²) in [5, 5.41) is 8.76. The Morgan fingerprint density at radius 2 is 1.85 bits per heavy atom. The summed E-state index contributed by atoms with van der Waals surface area (Å²) in [5.41, 5.74) is 7.69. The molecule has 0 radical (unpaired) electrons. The minimum Gasteiger partial charge on any atom is -0.382 e. The van der Waals surface area contributed by atoms with Crippen molar-refractivity contribution in [3.63, 3.8) is 0 Å². The van der Waals surface area contributed by atoms with E-state index in [2.05, 4.69) is 20.7 Å². The summed E-state index contributed by atoms with van der Waals surface area (Å²) in [6.45, 7) is 2.00. The topological polar surface area (TPSA) is 97.3 Å². The summed E-state index contributed by atoms with van der Waals surface area (Å²) in [5.74, 6) is -1.23. The molecule has 2 amide bonds. The van der Waals surface area contributed by atoms with Crippen molar-refractivity contribution in [3.8, 4) is 11.1 Å². The Morgan fingerprint density at radius 1 is 1.12 bits per heavy atom. The smallest absolute Gasteiger partial charge is 0.382 e. The molecule has 33 heavy (non-hydrogen) atoms.